The smallest absolute Gasteiger partial charge is 0.220 e. The maximum atomic E-state index is 12.9. The molecule has 0 aliphatic carbocycles. The van der Waals surface area contributed by atoms with Crippen molar-refractivity contribution >= 4 is 27.1 Å². The summed E-state index contributed by atoms with van der Waals surface area (Å²) in [6.07, 6.45) is 5.26. The Balaban J connectivity index is 2.22. The van der Waals surface area contributed by atoms with Gasteiger partial charge in [-0.05, 0) is 29.5 Å². The first-order valence-corrected chi connectivity index (χ1v) is 9.92. The molecule has 23 heavy (non-hydrogen) atoms. The van der Waals surface area contributed by atoms with Crippen molar-refractivity contribution < 1.29 is 13.2 Å². The van der Waals surface area contributed by atoms with E-state index in [0.29, 0.717) is 16.2 Å². The minimum Gasteiger partial charge on any atom is -0.354 e. The van der Waals surface area contributed by atoms with Crippen molar-refractivity contribution in [1.82, 2.24) is 10.3 Å². The highest BCUT2D eigenvalue weighted by Gasteiger charge is 2.30. The lowest BCUT2D eigenvalue weighted by Gasteiger charge is -2.17. The molecule has 0 aromatic carbocycles. The predicted molar refractivity (Wildman–Crippen MR) is 91.0 cm³/mol. The minimum atomic E-state index is -3.56. The average molecular weight is 352 g/mol. The Bertz CT molecular complexity index is 713. The van der Waals surface area contributed by atoms with Crippen LogP contribution in [-0.4, -0.2) is 25.9 Å². The quantitative estimate of drug-likeness (QED) is 0.792. The van der Waals surface area contributed by atoms with Crippen LogP contribution in [0.25, 0.3) is 0 Å². The summed E-state index contributed by atoms with van der Waals surface area (Å²) in [6, 6.07) is 6.71. The van der Waals surface area contributed by atoms with Crippen molar-refractivity contribution in [2.45, 2.75) is 35.6 Å². The normalized spacial score (nSPS) is 12.7. The molecule has 124 valence electrons. The van der Waals surface area contributed by atoms with Crippen LogP contribution in [0.4, 0.5) is 0 Å². The van der Waals surface area contributed by atoms with Crippen LogP contribution in [0.5, 0.6) is 0 Å². The summed E-state index contributed by atoms with van der Waals surface area (Å²) in [5, 5.41) is 3.64. The molecule has 2 aromatic rings. The van der Waals surface area contributed by atoms with E-state index in [-0.39, 0.29) is 12.5 Å². The van der Waals surface area contributed by atoms with E-state index in [1.54, 1.807) is 35.8 Å². The lowest BCUT2D eigenvalue weighted by molar-refractivity contribution is -0.121. The van der Waals surface area contributed by atoms with Gasteiger partial charge < -0.3 is 5.32 Å². The number of carbonyl (C=O) groups excluding carboxylic acids is 1. The maximum Gasteiger partial charge on any atom is 0.220 e. The molecule has 0 saturated heterocycles. The van der Waals surface area contributed by atoms with Gasteiger partial charge in [0.15, 0.2) is 9.84 Å². The molecule has 0 bridgehead atoms. The summed E-state index contributed by atoms with van der Waals surface area (Å²) in [7, 11) is -3.56. The molecule has 2 rings (SSSR count). The van der Waals surface area contributed by atoms with E-state index in [9.17, 15) is 13.2 Å². The van der Waals surface area contributed by atoms with Crippen LogP contribution in [-0.2, 0) is 14.6 Å². The molecule has 7 heteroatoms. The number of hydrogen-bond acceptors (Lipinski definition) is 5. The highest BCUT2D eigenvalue weighted by Crippen LogP contribution is 2.30. The number of rotatable bonds is 8. The van der Waals surface area contributed by atoms with Gasteiger partial charge in [-0.15, -0.1) is 11.3 Å². The topological polar surface area (TPSA) is 76.1 Å². The van der Waals surface area contributed by atoms with E-state index in [1.807, 2.05) is 6.92 Å². The van der Waals surface area contributed by atoms with Crippen LogP contribution in [0.1, 0.15) is 37.0 Å². The van der Waals surface area contributed by atoms with Crippen molar-refractivity contribution in [3.05, 3.63) is 47.6 Å². The largest absolute Gasteiger partial charge is 0.354 e. The lowest BCUT2D eigenvalue weighted by Crippen LogP contribution is -2.31. The fraction of sp³-hybridized carbons (Fsp3) is 0.375. The summed E-state index contributed by atoms with van der Waals surface area (Å²) < 4.78 is 26.0. The van der Waals surface area contributed by atoms with Crippen LogP contribution in [0.3, 0.4) is 0 Å². The molecule has 0 unspecified atom stereocenters. The van der Waals surface area contributed by atoms with E-state index < -0.39 is 15.1 Å². The average Bonchev–Trinajstić information content (AvgIpc) is 3.09. The summed E-state index contributed by atoms with van der Waals surface area (Å²) in [6.45, 7) is 2.06. The molecule has 0 spiro atoms. The van der Waals surface area contributed by atoms with Crippen LogP contribution in [0, 0.1) is 0 Å². The number of amides is 1. The molecule has 5 nitrogen and oxygen atoms in total. The van der Waals surface area contributed by atoms with Gasteiger partial charge in [0.25, 0.3) is 0 Å². The van der Waals surface area contributed by atoms with Gasteiger partial charge in [-0.1, -0.05) is 25.5 Å². The minimum absolute atomic E-state index is 0.0501. The Labute approximate surface area is 140 Å². The Hall–Kier alpha value is -1.73. The number of sulfone groups is 1. The number of hydrogen-bond donors (Lipinski definition) is 1. The van der Waals surface area contributed by atoms with E-state index in [2.05, 4.69) is 10.3 Å². The van der Waals surface area contributed by atoms with Crippen molar-refractivity contribution in [2.24, 2.45) is 0 Å². The van der Waals surface area contributed by atoms with Crippen molar-refractivity contribution in [1.29, 1.82) is 0 Å². The van der Waals surface area contributed by atoms with E-state index in [0.717, 1.165) is 12.8 Å². The number of thiophene rings is 1. The first kappa shape index (κ1) is 17.6. The number of unbranched alkanes of at least 4 members (excludes halogenated alkanes) is 1. The predicted octanol–water partition coefficient (Wildman–Crippen LogP) is 2.96. The van der Waals surface area contributed by atoms with Gasteiger partial charge in [-0.2, -0.15) is 0 Å². The molecular weight excluding hydrogens is 332 g/mol. The maximum absolute atomic E-state index is 12.9. The summed E-state index contributed by atoms with van der Waals surface area (Å²) in [4.78, 5) is 15.8. The highest BCUT2D eigenvalue weighted by atomic mass is 32.2. The van der Waals surface area contributed by atoms with E-state index in [4.69, 9.17) is 0 Å². The lowest BCUT2D eigenvalue weighted by atomic mass is 10.2. The fourth-order valence-corrected chi connectivity index (χ4v) is 5.02. The third-order valence-electron chi connectivity index (χ3n) is 3.45. The van der Waals surface area contributed by atoms with E-state index >= 15 is 0 Å². The molecule has 1 N–H and O–H groups in total. The fourth-order valence-electron chi connectivity index (χ4n) is 2.17. The van der Waals surface area contributed by atoms with Crippen LogP contribution >= 0.6 is 11.3 Å². The van der Waals surface area contributed by atoms with Gasteiger partial charge in [0, 0.05) is 25.4 Å². The molecule has 0 aliphatic heterocycles. The van der Waals surface area contributed by atoms with Crippen LogP contribution in [0.2, 0.25) is 0 Å². The Morgan fingerprint density at radius 2 is 2.17 bits per heavy atom. The molecule has 0 saturated carbocycles. The molecule has 0 fully saturated rings. The summed E-state index contributed by atoms with van der Waals surface area (Å²) >= 11 is 1.18. The second-order valence-electron chi connectivity index (χ2n) is 5.16. The molecule has 1 amide bonds. The standard InChI is InChI=1S/C16H20N2O3S2/c1-2-3-7-15(19)18-12-14(13-6-4-9-17-11-13)23(20,21)16-8-5-10-22-16/h4-6,8-11,14H,2-3,7,12H2,1H3,(H,18,19)/t14-/m0/s1. The van der Waals surface area contributed by atoms with E-state index in [1.165, 1.54) is 17.5 Å². The molecule has 0 radical (unpaired) electrons. The molecule has 0 aliphatic rings. The van der Waals surface area contributed by atoms with Gasteiger partial charge in [0.05, 0.1) is 0 Å². The second-order valence-corrected chi connectivity index (χ2v) is 8.46. The van der Waals surface area contributed by atoms with Gasteiger partial charge in [-0.25, -0.2) is 8.42 Å². The number of nitrogens with zero attached hydrogens (tertiary/aromatic N) is 1. The first-order valence-electron chi connectivity index (χ1n) is 7.49. The van der Waals surface area contributed by atoms with Crippen LogP contribution < -0.4 is 5.32 Å². The van der Waals surface area contributed by atoms with Crippen molar-refractivity contribution in [3.63, 3.8) is 0 Å². The highest BCUT2D eigenvalue weighted by molar-refractivity contribution is 7.93. The second kappa shape index (κ2) is 8.21. The monoisotopic (exact) mass is 352 g/mol. The zero-order chi connectivity index (χ0) is 16.7. The summed E-state index contributed by atoms with van der Waals surface area (Å²) in [5.41, 5.74) is 0.580. The molecule has 1 atom stereocenters. The van der Waals surface area contributed by atoms with Crippen LogP contribution in [0.15, 0.2) is 46.2 Å². The SMILES string of the molecule is CCCCC(=O)NC[C@@H](c1cccnc1)S(=O)(=O)c1cccs1. The van der Waals surface area contributed by atoms with Crippen molar-refractivity contribution in [3.8, 4) is 0 Å². The summed E-state index contributed by atoms with van der Waals surface area (Å²) in [5.74, 6) is -0.123. The van der Waals surface area contributed by atoms with Gasteiger partial charge in [0.1, 0.15) is 9.46 Å². The Morgan fingerprint density at radius 1 is 1.35 bits per heavy atom. The first-order chi connectivity index (χ1) is 11.1. The van der Waals surface area contributed by atoms with Gasteiger partial charge in [-0.3, -0.25) is 9.78 Å². The Morgan fingerprint density at radius 3 is 2.78 bits per heavy atom. The third kappa shape index (κ3) is 4.62. The zero-order valence-corrected chi connectivity index (χ0v) is 14.6. The van der Waals surface area contributed by atoms with Crippen molar-refractivity contribution in [2.75, 3.05) is 6.54 Å². The molecule has 2 aromatic heterocycles. The molecular formula is C16H20N2O3S2. The number of nitrogens with one attached hydrogen (secondary N) is 1. The van der Waals surface area contributed by atoms with Gasteiger partial charge in [0.2, 0.25) is 5.91 Å². The molecule has 2 heterocycles. The number of carbonyl (C=O) groups is 1. The van der Waals surface area contributed by atoms with Gasteiger partial charge >= 0.3 is 0 Å². The number of pyridine rings is 1. The third-order valence-corrected chi connectivity index (χ3v) is 6.98. The Kier molecular flexibility index (Phi) is 6.29. The zero-order valence-electron chi connectivity index (χ0n) is 12.9. The number of aromatic nitrogens is 1.